The molecule has 1 saturated heterocycles. The molecule has 1 N–H and O–H groups in total. The lowest BCUT2D eigenvalue weighted by Gasteiger charge is -2.21. The van der Waals surface area contributed by atoms with E-state index in [4.69, 9.17) is 0 Å². The predicted octanol–water partition coefficient (Wildman–Crippen LogP) is 2.77. The van der Waals surface area contributed by atoms with Gasteiger partial charge in [0.1, 0.15) is 0 Å². The van der Waals surface area contributed by atoms with Crippen molar-refractivity contribution in [3.8, 4) is 0 Å². The van der Waals surface area contributed by atoms with Crippen LogP contribution < -0.4 is 4.90 Å². The summed E-state index contributed by atoms with van der Waals surface area (Å²) in [5.74, 6) is 0.579. The number of anilines is 1. The molecule has 1 heterocycles. The van der Waals surface area contributed by atoms with Gasteiger partial charge in [-0.2, -0.15) is 0 Å². The Morgan fingerprint density at radius 1 is 1.25 bits per heavy atom. The Hall–Kier alpha value is -1.02. The molecule has 0 radical (unpaired) electrons. The van der Waals surface area contributed by atoms with E-state index < -0.39 is 5.60 Å². The summed E-state index contributed by atoms with van der Waals surface area (Å²) in [4.78, 5) is 2.25. The molecule has 2 heteroatoms. The molecule has 0 amide bonds. The summed E-state index contributed by atoms with van der Waals surface area (Å²) in [5.41, 5.74) is 2.08. The van der Waals surface area contributed by atoms with Gasteiger partial charge >= 0.3 is 0 Å². The molecule has 88 valence electrons. The molecule has 0 unspecified atom stereocenters. The second-order valence-corrected chi connectivity index (χ2v) is 5.41. The number of nitrogens with zero attached hydrogens (tertiary/aromatic N) is 1. The fraction of sp³-hybridized carbons (Fsp3) is 0.571. The average Bonchev–Trinajstić information content (AvgIpc) is 2.59. The second-order valence-electron chi connectivity index (χ2n) is 5.41. The highest BCUT2D eigenvalue weighted by molar-refractivity contribution is 5.49. The van der Waals surface area contributed by atoms with Crippen LogP contribution >= 0.6 is 0 Å². The molecular weight excluding hydrogens is 198 g/mol. The van der Waals surface area contributed by atoms with Gasteiger partial charge in [-0.1, -0.05) is 26.0 Å². The first-order chi connectivity index (χ1) is 7.48. The largest absolute Gasteiger partial charge is 0.388 e. The van der Waals surface area contributed by atoms with E-state index in [1.807, 2.05) is 6.92 Å². The molecular formula is C14H21NO. The normalized spacial score (nSPS) is 25.4. The van der Waals surface area contributed by atoms with Crippen LogP contribution in [0.15, 0.2) is 24.3 Å². The smallest absolute Gasteiger partial charge is 0.0810 e. The third-order valence-corrected chi connectivity index (χ3v) is 3.38. The van der Waals surface area contributed by atoms with Crippen LogP contribution in [0.3, 0.4) is 0 Å². The lowest BCUT2D eigenvalue weighted by molar-refractivity contribution is 0.0839. The van der Waals surface area contributed by atoms with E-state index in [-0.39, 0.29) is 0 Å². The van der Waals surface area contributed by atoms with Crippen LogP contribution in [0.2, 0.25) is 0 Å². The third kappa shape index (κ3) is 2.38. The fourth-order valence-corrected chi connectivity index (χ4v) is 2.24. The molecule has 0 aliphatic carbocycles. The maximum Gasteiger partial charge on any atom is 0.0810 e. The van der Waals surface area contributed by atoms with E-state index in [0.29, 0.717) is 5.92 Å². The zero-order chi connectivity index (χ0) is 11.8. The number of aliphatic hydroxyl groups is 1. The van der Waals surface area contributed by atoms with Gasteiger partial charge in [-0.05, 0) is 37.0 Å². The highest BCUT2D eigenvalue weighted by atomic mass is 16.3. The van der Waals surface area contributed by atoms with Gasteiger partial charge in [0.2, 0.25) is 0 Å². The number of rotatable bonds is 2. The standard InChI is InChI=1S/C14H21NO/c1-11(2)12-4-6-13(7-5-12)15-9-8-14(3,16)10-15/h4-7,11,16H,8-10H2,1-3H3/t14-/m1/s1. The van der Waals surface area contributed by atoms with Crippen molar-refractivity contribution in [2.75, 3.05) is 18.0 Å². The van der Waals surface area contributed by atoms with Crippen molar-refractivity contribution in [3.63, 3.8) is 0 Å². The van der Waals surface area contributed by atoms with E-state index >= 15 is 0 Å². The van der Waals surface area contributed by atoms with Crippen molar-refractivity contribution in [2.45, 2.75) is 38.7 Å². The number of benzene rings is 1. The molecule has 1 aromatic carbocycles. The van der Waals surface area contributed by atoms with Gasteiger partial charge in [-0.15, -0.1) is 0 Å². The summed E-state index contributed by atoms with van der Waals surface area (Å²) in [6, 6.07) is 8.70. The van der Waals surface area contributed by atoms with Crippen LogP contribution in [0.4, 0.5) is 5.69 Å². The van der Waals surface area contributed by atoms with Crippen molar-refractivity contribution in [1.82, 2.24) is 0 Å². The van der Waals surface area contributed by atoms with E-state index in [1.165, 1.54) is 11.3 Å². The quantitative estimate of drug-likeness (QED) is 0.826. The Morgan fingerprint density at radius 2 is 1.88 bits per heavy atom. The summed E-state index contributed by atoms with van der Waals surface area (Å²) in [6.07, 6.45) is 0.860. The minimum Gasteiger partial charge on any atom is -0.388 e. The summed E-state index contributed by atoms with van der Waals surface area (Å²) in [6.45, 7) is 8.02. The van der Waals surface area contributed by atoms with Crippen molar-refractivity contribution in [1.29, 1.82) is 0 Å². The van der Waals surface area contributed by atoms with Crippen LogP contribution in [-0.4, -0.2) is 23.8 Å². The fourth-order valence-electron chi connectivity index (χ4n) is 2.24. The number of hydrogen-bond acceptors (Lipinski definition) is 2. The molecule has 1 aliphatic heterocycles. The van der Waals surface area contributed by atoms with Gasteiger partial charge in [0, 0.05) is 18.8 Å². The van der Waals surface area contributed by atoms with E-state index in [1.54, 1.807) is 0 Å². The molecule has 1 aliphatic rings. The Balaban J connectivity index is 2.11. The summed E-state index contributed by atoms with van der Waals surface area (Å²) >= 11 is 0. The zero-order valence-corrected chi connectivity index (χ0v) is 10.4. The van der Waals surface area contributed by atoms with Crippen LogP contribution in [0.5, 0.6) is 0 Å². The molecule has 16 heavy (non-hydrogen) atoms. The van der Waals surface area contributed by atoms with Crippen molar-refractivity contribution in [3.05, 3.63) is 29.8 Å². The molecule has 1 atom stereocenters. The third-order valence-electron chi connectivity index (χ3n) is 3.38. The molecule has 1 fully saturated rings. The van der Waals surface area contributed by atoms with E-state index in [0.717, 1.165) is 19.5 Å². The monoisotopic (exact) mass is 219 g/mol. The predicted molar refractivity (Wildman–Crippen MR) is 68.0 cm³/mol. The van der Waals surface area contributed by atoms with Crippen molar-refractivity contribution < 1.29 is 5.11 Å². The molecule has 2 rings (SSSR count). The Morgan fingerprint density at radius 3 is 2.31 bits per heavy atom. The minimum atomic E-state index is -0.517. The Bertz CT molecular complexity index is 354. The minimum absolute atomic E-state index is 0.517. The first-order valence-electron chi connectivity index (χ1n) is 6.05. The number of β-amino-alcohol motifs (C(OH)–C–C–N with tert-alkyl or cyclic N) is 1. The van der Waals surface area contributed by atoms with Crippen LogP contribution in [0.1, 0.15) is 38.7 Å². The van der Waals surface area contributed by atoms with Crippen LogP contribution in [0, 0.1) is 0 Å². The van der Waals surface area contributed by atoms with Gasteiger partial charge in [-0.25, -0.2) is 0 Å². The molecule has 1 aromatic rings. The number of hydrogen-bond donors (Lipinski definition) is 1. The average molecular weight is 219 g/mol. The van der Waals surface area contributed by atoms with E-state index in [2.05, 4.69) is 43.0 Å². The maximum absolute atomic E-state index is 9.93. The van der Waals surface area contributed by atoms with E-state index in [9.17, 15) is 5.11 Å². The van der Waals surface area contributed by atoms with Gasteiger partial charge < -0.3 is 10.0 Å². The Labute approximate surface area is 97.9 Å². The van der Waals surface area contributed by atoms with Crippen molar-refractivity contribution in [2.24, 2.45) is 0 Å². The highest BCUT2D eigenvalue weighted by Crippen LogP contribution is 2.27. The van der Waals surface area contributed by atoms with Gasteiger partial charge in [-0.3, -0.25) is 0 Å². The van der Waals surface area contributed by atoms with Crippen LogP contribution in [0.25, 0.3) is 0 Å². The van der Waals surface area contributed by atoms with Gasteiger partial charge in [0.05, 0.1) is 5.60 Å². The maximum atomic E-state index is 9.93. The SMILES string of the molecule is CC(C)c1ccc(N2CC[C@@](C)(O)C2)cc1. The lowest BCUT2D eigenvalue weighted by atomic mass is 10.0. The topological polar surface area (TPSA) is 23.5 Å². The Kier molecular flexibility index (Phi) is 2.94. The molecule has 0 spiro atoms. The summed E-state index contributed by atoms with van der Waals surface area (Å²) in [5, 5.41) is 9.93. The molecule has 0 aromatic heterocycles. The van der Waals surface area contributed by atoms with Gasteiger partial charge in [0.25, 0.3) is 0 Å². The molecule has 0 saturated carbocycles. The second kappa shape index (κ2) is 4.10. The van der Waals surface area contributed by atoms with Crippen LogP contribution in [-0.2, 0) is 0 Å². The van der Waals surface area contributed by atoms with Crippen molar-refractivity contribution >= 4 is 5.69 Å². The highest BCUT2D eigenvalue weighted by Gasteiger charge is 2.31. The summed E-state index contributed by atoms with van der Waals surface area (Å²) < 4.78 is 0. The summed E-state index contributed by atoms with van der Waals surface area (Å²) in [7, 11) is 0. The first-order valence-corrected chi connectivity index (χ1v) is 6.05. The molecule has 2 nitrogen and oxygen atoms in total. The zero-order valence-electron chi connectivity index (χ0n) is 10.4. The first kappa shape index (κ1) is 11.5. The lowest BCUT2D eigenvalue weighted by Crippen LogP contribution is -2.29. The van der Waals surface area contributed by atoms with Gasteiger partial charge in [0.15, 0.2) is 0 Å². The molecule has 0 bridgehead atoms.